The van der Waals surface area contributed by atoms with Gasteiger partial charge in [0.15, 0.2) is 0 Å². The van der Waals surface area contributed by atoms with Gasteiger partial charge in [-0.25, -0.2) is 0 Å². The second-order valence-corrected chi connectivity index (χ2v) is 8.95. The van der Waals surface area contributed by atoms with Crippen molar-refractivity contribution in [2.75, 3.05) is 0 Å². The van der Waals surface area contributed by atoms with Crippen molar-refractivity contribution in [2.45, 2.75) is 69.5 Å². The van der Waals surface area contributed by atoms with Crippen LogP contribution in [-0.4, -0.2) is 28.9 Å². The molecule has 118 valence electrons. The van der Waals surface area contributed by atoms with Gasteiger partial charge in [-0.3, -0.25) is 4.79 Å². The first kappa shape index (κ1) is 13.4. The molecule has 0 aromatic rings. The van der Waals surface area contributed by atoms with E-state index < -0.39 is 0 Å². The molecule has 1 amide bonds. The zero-order valence-corrected chi connectivity index (χ0v) is 13.1. The Hall–Kier alpha value is -1.08. The first-order valence-electron chi connectivity index (χ1n) is 9.07. The van der Waals surface area contributed by atoms with Crippen LogP contribution in [0.1, 0.15) is 51.4 Å². The smallest absolute Gasteiger partial charge is 0.241 e. The van der Waals surface area contributed by atoms with Gasteiger partial charge in [-0.2, -0.15) is 5.26 Å². The minimum absolute atomic E-state index is 0.0544. The lowest BCUT2D eigenvalue weighted by Gasteiger charge is -2.58. The molecule has 6 rings (SSSR count). The number of nitrogens with zero attached hydrogens (tertiary/aromatic N) is 2. The molecule has 5 aliphatic carbocycles. The summed E-state index contributed by atoms with van der Waals surface area (Å²) in [6.45, 7) is 0. The van der Waals surface area contributed by atoms with Crippen molar-refractivity contribution >= 4 is 5.91 Å². The Labute approximate surface area is 132 Å². The lowest BCUT2D eigenvalue weighted by atomic mass is 9.47. The number of amides is 1. The maximum atomic E-state index is 13.1. The zero-order chi connectivity index (χ0) is 15.1. The lowest BCUT2D eigenvalue weighted by molar-refractivity contribution is -0.144. The van der Waals surface area contributed by atoms with Crippen LogP contribution >= 0.6 is 0 Å². The van der Waals surface area contributed by atoms with E-state index in [9.17, 15) is 10.1 Å². The number of hydrogen-bond donors (Lipinski definition) is 1. The number of rotatable bonds is 2. The molecule has 0 aromatic carbocycles. The van der Waals surface area contributed by atoms with Crippen LogP contribution in [0.15, 0.2) is 0 Å². The maximum Gasteiger partial charge on any atom is 0.241 e. The summed E-state index contributed by atoms with van der Waals surface area (Å²) in [5, 5.41) is 9.35. The maximum absolute atomic E-state index is 13.1. The molecule has 1 saturated heterocycles. The second kappa shape index (κ2) is 4.26. The number of fused-ring (bicyclic) bond motifs is 1. The summed E-state index contributed by atoms with van der Waals surface area (Å²) in [7, 11) is 0. The van der Waals surface area contributed by atoms with Gasteiger partial charge >= 0.3 is 0 Å². The molecular formula is C18H25N3O. The van der Waals surface area contributed by atoms with Gasteiger partial charge in [-0.05, 0) is 80.5 Å². The van der Waals surface area contributed by atoms with E-state index in [1.165, 1.54) is 19.3 Å². The Morgan fingerprint density at radius 3 is 2.23 bits per heavy atom. The van der Waals surface area contributed by atoms with E-state index >= 15 is 0 Å². The van der Waals surface area contributed by atoms with Gasteiger partial charge in [0.05, 0.1) is 12.1 Å². The van der Waals surface area contributed by atoms with Gasteiger partial charge in [0.1, 0.15) is 6.04 Å². The number of nitriles is 1. The standard InChI is InChI=1S/C18H25N3O/c19-9-14-4-13-5-15(13)21(14)17(22)16(20)18-6-10-1-11(7-18)3-12(2-10)8-18/h10-16H,1-8,20H2/t10?,11?,12?,13-,14?,15+,16-,18?/m1/s1. The second-order valence-electron chi connectivity index (χ2n) is 8.95. The first-order chi connectivity index (χ1) is 10.6. The summed E-state index contributed by atoms with van der Waals surface area (Å²) < 4.78 is 0. The van der Waals surface area contributed by atoms with Gasteiger partial charge in [0.2, 0.25) is 5.91 Å². The zero-order valence-electron chi connectivity index (χ0n) is 13.1. The molecule has 2 N–H and O–H groups in total. The molecule has 6 aliphatic rings. The molecule has 4 heteroatoms. The molecule has 0 aromatic heterocycles. The summed E-state index contributed by atoms with van der Waals surface area (Å²) in [4.78, 5) is 15.0. The van der Waals surface area contributed by atoms with E-state index in [4.69, 9.17) is 5.73 Å². The van der Waals surface area contributed by atoms with E-state index in [1.54, 1.807) is 0 Å². The summed E-state index contributed by atoms with van der Waals surface area (Å²) in [5.74, 6) is 3.10. The fourth-order valence-corrected chi connectivity index (χ4v) is 6.87. The fourth-order valence-electron chi connectivity index (χ4n) is 6.87. The molecule has 6 fully saturated rings. The number of likely N-dealkylation sites (tertiary alicyclic amines) is 1. The van der Waals surface area contributed by atoms with Crippen LogP contribution in [0.5, 0.6) is 0 Å². The molecule has 4 atom stereocenters. The number of carbonyl (C=O) groups excluding carboxylic acids is 1. The average Bonchev–Trinajstić information content (AvgIpc) is 3.15. The number of nitrogens with two attached hydrogens (primary N) is 1. The Kier molecular flexibility index (Phi) is 2.59. The minimum Gasteiger partial charge on any atom is -0.322 e. The average molecular weight is 299 g/mol. The lowest BCUT2D eigenvalue weighted by Crippen LogP contribution is -2.60. The highest BCUT2D eigenvalue weighted by atomic mass is 16.2. The molecule has 1 heterocycles. The summed E-state index contributed by atoms with van der Waals surface area (Å²) in [5.41, 5.74) is 6.65. The van der Waals surface area contributed by atoms with Crippen molar-refractivity contribution in [3.63, 3.8) is 0 Å². The van der Waals surface area contributed by atoms with Gasteiger partial charge in [0.25, 0.3) is 0 Å². The summed E-state index contributed by atoms with van der Waals surface area (Å²) >= 11 is 0. The normalized spacial score (nSPS) is 52.3. The van der Waals surface area contributed by atoms with Crippen LogP contribution in [0.3, 0.4) is 0 Å². The molecule has 0 spiro atoms. The molecule has 0 radical (unpaired) electrons. The van der Waals surface area contributed by atoms with E-state index in [2.05, 4.69) is 6.07 Å². The Morgan fingerprint density at radius 1 is 1.09 bits per heavy atom. The van der Waals surface area contributed by atoms with Crippen LogP contribution < -0.4 is 5.73 Å². The van der Waals surface area contributed by atoms with Crippen molar-refractivity contribution < 1.29 is 4.79 Å². The molecule has 22 heavy (non-hydrogen) atoms. The largest absolute Gasteiger partial charge is 0.322 e. The third-order valence-corrected chi connectivity index (χ3v) is 7.52. The third-order valence-electron chi connectivity index (χ3n) is 7.52. The Morgan fingerprint density at radius 2 is 1.68 bits per heavy atom. The monoisotopic (exact) mass is 299 g/mol. The third kappa shape index (κ3) is 1.69. The van der Waals surface area contributed by atoms with Crippen LogP contribution in [0, 0.1) is 40.4 Å². The van der Waals surface area contributed by atoms with Gasteiger partial charge in [0, 0.05) is 6.04 Å². The van der Waals surface area contributed by atoms with Crippen molar-refractivity contribution in [3.05, 3.63) is 0 Å². The van der Waals surface area contributed by atoms with Crippen molar-refractivity contribution in [3.8, 4) is 6.07 Å². The highest BCUT2D eigenvalue weighted by Crippen LogP contribution is 2.61. The SMILES string of the molecule is N#CC1C[C@@H]2C[C@@H]2N1C(=O)[C@@H](N)C12CC3CC(CC(C3)C1)C2. The molecule has 4 bridgehead atoms. The van der Waals surface area contributed by atoms with Crippen molar-refractivity contribution in [2.24, 2.45) is 34.8 Å². The van der Waals surface area contributed by atoms with E-state index in [1.807, 2.05) is 4.90 Å². The number of hydrogen-bond acceptors (Lipinski definition) is 3. The van der Waals surface area contributed by atoms with Crippen LogP contribution in [0.25, 0.3) is 0 Å². The van der Waals surface area contributed by atoms with Crippen LogP contribution in [0.4, 0.5) is 0 Å². The van der Waals surface area contributed by atoms with Crippen molar-refractivity contribution in [1.29, 1.82) is 5.26 Å². The molecule has 4 nitrogen and oxygen atoms in total. The Bertz CT molecular complexity index is 530. The Balaban J connectivity index is 1.41. The summed E-state index contributed by atoms with van der Waals surface area (Å²) in [6, 6.07) is 2.09. The van der Waals surface area contributed by atoms with Crippen molar-refractivity contribution in [1.82, 2.24) is 4.90 Å². The summed E-state index contributed by atoms with van der Waals surface area (Å²) in [6.07, 6.45) is 9.55. The topological polar surface area (TPSA) is 70.1 Å². The number of piperidine rings is 1. The van der Waals surface area contributed by atoms with E-state index in [-0.39, 0.29) is 23.4 Å². The predicted molar refractivity (Wildman–Crippen MR) is 81.3 cm³/mol. The fraction of sp³-hybridized carbons (Fsp3) is 0.889. The molecular weight excluding hydrogens is 274 g/mol. The van der Waals surface area contributed by atoms with E-state index in [0.717, 1.165) is 49.9 Å². The van der Waals surface area contributed by atoms with Gasteiger partial charge in [-0.1, -0.05) is 0 Å². The first-order valence-corrected chi connectivity index (χ1v) is 9.07. The van der Waals surface area contributed by atoms with Gasteiger partial charge < -0.3 is 10.6 Å². The van der Waals surface area contributed by atoms with E-state index in [0.29, 0.717) is 12.0 Å². The highest BCUT2D eigenvalue weighted by Gasteiger charge is 2.59. The minimum atomic E-state index is -0.365. The molecule has 1 unspecified atom stereocenters. The quantitative estimate of drug-likeness (QED) is 0.848. The highest BCUT2D eigenvalue weighted by molar-refractivity contribution is 5.84. The van der Waals surface area contributed by atoms with Crippen LogP contribution in [-0.2, 0) is 4.79 Å². The number of carbonyl (C=O) groups is 1. The molecule has 1 aliphatic heterocycles. The predicted octanol–water partition coefficient (Wildman–Crippen LogP) is 2.04. The van der Waals surface area contributed by atoms with Gasteiger partial charge in [-0.15, -0.1) is 0 Å². The molecule has 5 saturated carbocycles. The van der Waals surface area contributed by atoms with Crippen LogP contribution in [0.2, 0.25) is 0 Å².